The number of likely N-dealkylation sites (N-methyl/N-ethyl adjacent to an activating group) is 1. The maximum absolute atomic E-state index is 3.45. The zero-order chi connectivity index (χ0) is 9.12. The van der Waals surface area contributed by atoms with Gasteiger partial charge in [0.1, 0.15) is 0 Å². The Labute approximate surface area is 70.8 Å². The van der Waals surface area contributed by atoms with Crippen molar-refractivity contribution in [2.24, 2.45) is 0 Å². The van der Waals surface area contributed by atoms with Crippen molar-refractivity contribution >= 4 is 0 Å². The number of nitrogens with one attached hydrogen (secondary N) is 2. The molecular formula is C9H22N2. The molecule has 0 heterocycles. The molecule has 2 heteroatoms. The lowest BCUT2D eigenvalue weighted by Crippen LogP contribution is -2.50. The van der Waals surface area contributed by atoms with E-state index >= 15 is 0 Å². The minimum atomic E-state index is 0.188. The summed E-state index contributed by atoms with van der Waals surface area (Å²) in [6.07, 6.45) is 0. The van der Waals surface area contributed by atoms with Crippen molar-refractivity contribution in [1.29, 1.82) is 0 Å². The first-order valence-electron chi connectivity index (χ1n) is 4.21. The van der Waals surface area contributed by atoms with E-state index in [1.54, 1.807) is 0 Å². The van der Waals surface area contributed by atoms with E-state index in [0.717, 1.165) is 6.54 Å². The third-order valence-corrected chi connectivity index (χ3v) is 1.74. The van der Waals surface area contributed by atoms with Crippen LogP contribution in [0, 0.1) is 0 Å². The smallest absolute Gasteiger partial charge is 0.0246 e. The van der Waals surface area contributed by atoms with Gasteiger partial charge < -0.3 is 10.6 Å². The monoisotopic (exact) mass is 158 g/mol. The van der Waals surface area contributed by atoms with Crippen molar-refractivity contribution in [2.75, 3.05) is 13.6 Å². The summed E-state index contributed by atoms with van der Waals surface area (Å²) in [5.41, 5.74) is 0.404. The second kappa shape index (κ2) is 3.55. The largest absolute Gasteiger partial charge is 0.314 e. The summed E-state index contributed by atoms with van der Waals surface area (Å²) in [5.74, 6) is 0. The lowest BCUT2D eigenvalue weighted by Gasteiger charge is -2.30. The first-order valence-corrected chi connectivity index (χ1v) is 4.21. The molecule has 0 saturated carbocycles. The van der Waals surface area contributed by atoms with Crippen LogP contribution >= 0.6 is 0 Å². The van der Waals surface area contributed by atoms with Gasteiger partial charge in [-0.25, -0.2) is 0 Å². The Kier molecular flexibility index (Phi) is 3.52. The van der Waals surface area contributed by atoms with Crippen LogP contribution in [0.3, 0.4) is 0 Å². The summed E-state index contributed by atoms with van der Waals surface area (Å²) in [6.45, 7) is 11.9. The topological polar surface area (TPSA) is 24.1 Å². The fourth-order valence-electron chi connectivity index (χ4n) is 0.575. The Morgan fingerprint density at radius 2 is 1.45 bits per heavy atom. The molecule has 2 N–H and O–H groups in total. The van der Waals surface area contributed by atoms with E-state index in [1.165, 1.54) is 0 Å². The molecule has 0 rings (SSSR count). The molecule has 0 saturated heterocycles. The molecule has 0 aromatic rings. The Morgan fingerprint density at radius 3 is 1.73 bits per heavy atom. The van der Waals surface area contributed by atoms with E-state index in [0.29, 0.717) is 0 Å². The summed E-state index contributed by atoms with van der Waals surface area (Å²) in [4.78, 5) is 0. The molecule has 0 radical (unpaired) electrons. The summed E-state index contributed by atoms with van der Waals surface area (Å²) in [6, 6.07) is 0. The van der Waals surface area contributed by atoms with Crippen molar-refractivity contribution in [3.63, 3.8) is 0 Å². The minimum absolute atomic E-state index is 0.188. The lowest BCUT2D eigenvalue weighted by molar-refractivity contribution is 0.329. The van der Waals surface area contributed by atoms with Crippen LogP contribution in [-0.2, 0) is 0 Å². The molecule has 11 heavy (non-hydrogen) atoms. The zero-order valence-electron chi connectivity index (χ0n) is 8.71. The van der Waals surface area contributed by atoms with E-state index in [4.69, 9.17) is 0 Å². The molecule has 0 unspecified atom stereocenters. The van der Waals surface area contributed by atoms with Gasteiger partial charge in [0.2, 0.25) is 0 Å². The van der Waals surface area contributed by atoms with Gasteiger partial charge in [-0.05, 0) is 41.7 Å². The van der Waals surface area contributed by atoms with Gasteiger partial charge in [-0.2, -0.15) is 0 Å². The van der Waals surface area contributed by atoms with Crippen molar-refractivity contribution in [3.8, 4) is 0 Å². The quantitative estimate of drug-likeness (QED) is 0.648. The molecule has 68 valence electrons. The molecule has 0 spiro atoms. The molecule has 0 atom stereocenters. The van der Waals surface area contributed by atoms with Gasteiger partial charge in [0.05, 0.1) is 0 Å². The number of hydrogen-bond donors (Lipinski definition) is 2. The molecule has 0 aliphatic rings. The molecule has 2 nitrogen and oxygen atoms in total. The summed E-state index contributed by atoms with van der Waals surface area (Å²) in [7, 11) is 1.99. The first kappa shape index (κ1) is 10.9. The van der Waals surface area contributed by atoms with Gasteiger partial charge >= 0.3 is 0 Å². The van der Waals surface area contributed by atoms with Crippen LogP contribution in [-0.4, -0.2) is 24.7 Å². The molecule has 0 aromatic heterocycles. The highest BCUT2D eigenvalue weighted by molar-refractivity contribution is 4.82. The lowest BCUT2D eigenvalue weighted by atomic mass is 10.0. The van der Waals surface area contributed by atoms with Crippen LogP contribution in [0.2, 0.25) is 0 Å². The second-order valence-electron chi connectivity index (χ2n) is 4.74. The normalized spacial score (nSPS) is 13.6. The average molecular weight is 158 g/mol. The fourth-order valence-corrected chi connectivity index (χ4v) is 0.575. The molecule has 0 amide bonds. The number of hydrogen-bond acceptors (Lipinski definition) is 2. The van der Waals surface area contributed by atoms with Crippen LogP contribution in [0.1, 0.15) is 34.6 Å². The van der Waals surface area contributed by atoms with Crippen LogP contribution in [0.4, 0.5) is 0 Å². The van der Waals surface area contributed by atoms with Gasteiger partial charge in [-0.1, -0.05) is 0 Å². The van der Waals surface area contributed by atoms with Gasteiger partial charge in [0.15, 0.2) is 0 Å². The summed E-state index contributed by atoms with van der Waals surface area (Å²) < 4.78 is 0. The van der Waals surface area contributed by atoms with Crippen LogP contribution < -0.4 is 10.6 Å². The fraction of sp³-hybridized carbons (Fsp3) is 1.00. The summed E-state index contributed by atoms with van der Waals surface area (Å²) in [5, 5.41) is 6.70. The molecule has 0 aromatic carbocycles. The predicted molar refractivity (Wildman–Crippen MR) is 50.9 cm³/mol. The zero-order valence-corrected chi connectivity index (χ0v) is 8.71. The average Bonchev–Trinajstić information content (AvgIpc) is 1.83. The molecular weight excluding hydrogens is 136 g/mol. The maximum Gasteiger partial charge on any atom is 0.0246 e. The van der Waals surface area contributed by atoms with E-state index in [2.05, 4.69) is 45.3 Å². The Balaban J connectivity index is 3.70. The van der Waals surface area contributed by atoms with Gasteiger partial charge in [-0.15, -0.1) is 0 Å². The highest BCUT2D eigenvalue weighted by atomic mass is 15.0. The minimum Gasteiger partial charge on any atom is -0.314 e. The second-order valence-corrected chi connectivity index (χ2v) is 4.74. The van der Waals surface area contributed by atoms with E-state index in [9.17, 15) is 0 Å². The third-order valence-electron chi connectivity index (χ3n) is 1.74. The van der Waals surface area contributed by atoms with E-state index in [1.807, 2.05) is 7.05 Å². The maximum atomic E-state index is 3.45. The van der Waals surface area contributed by atoms with Crippen LogP contribution in [0.15, 0.2) is 0 Å². The standard InChI is InChI=1S/C9H22N2/c1-8(2,3)11-7-9(4,5)10-6/h10-11H,7H2,1-6H3. The third kappa shape index (κ3) is 6.32. The first-order chi connectivity index (χ1) is 4.77. The van der Waals surface area contributed by atoms with Crippen molar-refractivity contribution in [1.82, 2.24) is 10.6 Å². The van der Waals surface area contributed by atoms with Gasteiger partial charge in [-0.3, -0.25) is 0 Å². The Hall–Kier alpha value is -0.0800. The Morgan fingerprint density at radius 1 is 1.00 bits per heavy atom. The van der Waals surface area contributed by atoms with Gasteiger partial charge in [0.25, 0.3) is 0 Å². The van der Waals surface area contributed by atoms with E-state index in [-0.39, 0.29) is 11.1 Å². The highest BCUT2D eigenvalue weighted by Crippen LogP contribution is 2.03. The van der Waals surface area contributed by atoms with Crippen molar-refractivity contribution in [2.45, 2.75) is 45.7 Å². The number of rotatable bonds is 3. The molecule has 0 aliphatic heterocycles. The van der Waals surface area contributed by atoms with Crippen LogP contribution in [0.25, 0.3) is 0 Å². The van der Waals surface area contributed by atoms with Crippen LogP contribution in [0.5, 0.6) is 0 Å². The molecule has 0 fully saturated rings. The summed E-state index contributed by atoms with van der Waals surface area (Å²) >= 11 is 0. The van der Waals surface area contributed by atoms with Crippen molar-refractivity contribution in [3.05, 3.63) is 0 Å². The van der Waals surface area contributed by atoms with Gasteiger partial charge in [0, 0.05) is 17.6 Å². The van der Waals surface area contributed by atoms with E-state index < -0.39 is 0 Å². The predicted octanol–water partition coefficient (Wildman–Crippen LogP) is 1.37. The highest BCUT2D eigenvalue weighted by Gasteiger charge is 2.17. The molecule has 0 aliphatic carbocycles. The van der Waals surface area contributed by atoms with Crippen molar-refractivity contribution < 1.29 is 0 Å². The Bertz CT molecular complexity index is 111. The molecule has 0 bridgehead atoms. The SMILES string of the molecule is CNC(C)(C)CNC(C)(C)C.